The van der Waals surface area contributed by atoms with E-state index in [1.165, 1.54) is 11.8 Å². The Morgan fingerprint density at radius 2 is 2.18 bits per heavy atom. The van der Waals surface area contributed by atoms with Gasteiger partial charge in [-0.25, -0.2) is 0 Å². The summed E-state index contributed by atoms with van der Waals surface area (Å²) < 4.78 is 0. The second-order valence-corrected chi connectivity index (χ2v) is 4.09. The third kappa shape index (κ3) is 3.42. The fourth-order valence-corrected chi connectivity index (χ4v) is 2.01. The summed E-state index contributed by atoms with van der Waals surface area (Å²) in [6.45, 7) is 1.14. The lowest BCUT2D eigenvalue weighted by molar-refractivity contribution is -0.137. The van der Waals surface area contributed by atoms with E-state index in [4.69, 9.17) is 15.2 Å². The highest BCUT2D eigenvalue weighted by molar-refractivity contribution is 6.43. The van der Waals surface area contributed by atoms with Gasteiger partial charge in [-0.1, -0.05) is 0 Å². The molecule has 1 heterocycles. The summed E-state index contributed by atoms with van der Waals surface area (Å²) in [7, 11) is -1.60. The van der Waals surface area contributed by atoms with Gasteiger partial charge in [0.1, 0.15) is 6.04 Å². The van der Waals surface area contributed by atoms with Crippen molar-refractivity contribution in [1.29, 1.82) is 0 Å². The third-order valence-corrected chi connectivity index (χ3v) is 2.78. The van der Waals surface area contributed by atoms with Crippen LogP contribution in [0.3, 0.4) is 0 Å². The molecule has 1 unspecified atom stereocenters. The van der Waals surface area contributed by atoms with E-state index in [0.29, 0.717) is 19.4 Å². The number of rotatable bonds is 4. The third-order valence-electron chi connectivity index (χ3n) is 2.78. The van der Waals surface area contributed by atoms with Gasteiger partial charge in [-0.15, -0.1) is 0 Å². The Balaban J connectivity index is 2.69. The second kappa shape index (κ2) is 5.99. The molecular formula is C9H17BN2O5. The van der Waals surface area contributed by atoms with E-state index >= 15 is 0 Å². The molecule has 0 saturated carbocycles. The van der Waals surface area contributed by atoms with Gasteiger partial charge in [-0.3, -0.25) is 9.59 Å². The lowest BCUT2D eigenvalue weighted by Crippen LogP contribution is -2.54. The molecule has 1 aliphatic rings. The first-order chi connectivity index (χ1) is 7.97. The van der Waals surface area contributed by atoms with E-state index in [1.54, 1.807) is 0 Å². The highest BCUT2D eigenvalue weighted by Gasteiger charge is 2.39. The van der Waals surface area contributed by atoms with Crippen molar-refractivity contribution in [3.05, 3.63) is 0 Å². The molecule has 1 fully saturated rings. The molecule has 0 spiro atoms. The van der Waals surface area contributed by atoms with Gasteiger partial charge in [0.05, 0.1) is 12.5 Å². The van der Waals surface area contributed by atoms with E-state index in [1.807, 2.05) is 0 Å². The number of aliphatic hydroxyl groups excluding tert-OH is 1. The van der Waals surface area contributed by atoms with E-state index in [9.17, 15) is 9.59 Å². The molecule has 1 aliphatic heterocycles. The monoisotopic (exact) mass is 244 g/mol. The number of likely N-dealkylation sites (tertiary alicyclic amines) is 1. The minimum absolute atomic E-state index is 0.400. The first-order valence-electron chi connectivity index (χ1n) is 5.52. The van der Waals surface area contributed by atoms with E-state index in [2.05, 4.69) is 5.32 Å². The van der Waals surface area contributed by atoms with E-state index in [-0.39, 0.29) is 0 Å². The maximum atomic E-state index is 12.0. The summed E-state index contributed by atoms with van der Waals surface area (Å²) in [6, 6.07) is -1.02. The Morgan fingerprint density at radius 3 is 2.65 bits per heavy atom. The second-order valence-electron chi connectivity index (χ2n) is 4.09. The topological polar surface area (TPSA) is 110 Å². The van der Waals surface area contributed by atoms with Gasteiger partial charge in [-0.05, 0) is 12.8 Å². The predicted molar refractivity (Wildman–Crippen MR) is 59.6 cm³/mol. The Bertz CT molecular complexity index is 299. The molecule has 0 aromatic heterocycles. The lowest BCUT2D eigenvalue weighted by Gasteiger charge is -2.27. The zero-order chi connectivity index (χ0) is 13.0. The molecule has 1 saturated heterocycles. The molecule has 17 heavy (non-hydrogen) atoms. The van der Waals surface area contributed by atoms with E-state index < -0.39 is 37.5 Å². The lowest BCUT2D eigenvalue weighted by atomic mass is 9.78. The average molecular weight is 244 g/mol. The molecule has 0 aromatic rings. The minimum atomic E-state index is -1.60. The maximum absolute atomic E-state index is 12.0. The van der Waals surface area contributed by atoms with Crippen molar-refractivity contribution in [2.75, 3.05) is 13.2 Å². The highest BCUT2D eigenvalue weighted by Crippen LogP contribution is 2.18. The zero-order valence-corrected chi connectivity index (χ0v) is 9.67. The van der Waals surface area contributed by atoms with Crippen LogP contribution in [0.25, 0.3) is 0 Å². The normalized spacial score (nSPS) is 21.2. The van der Waals surface area contributed by atoms with Gasteiger partial charge in [0.15, 0.2) is 0 Å². The van der Waals surface area contributed by atoms with Gasteiger partial charge < -0.3 is 25.4 Å². The summed E-state index contributed by atoms with van der Waals surface area (Å²) in [5, 5.41) is 29.6. The number of hydrogen-bond donors (Lipinski definition) is 4. The van der Waals surface area contributed by atoms with Crippen molar-refractivity contribution in [2.45, 2.75) is 31.7 Å². The van der Waals surface area contributed by atoms with Gasteiger partial charge >= 0.3 is 7.12 Å². The molecule has 0 aliphatic carbocycles. The molecule has 0 bridgehead atoms. The van der Waals surface area contributed by atoms with Gasteiger partial charge in [0, 0.05) is 13.5 Å². The number of carbonyl (C=O) groups is 2. The predicted octanol–water partition coefficient (Wildman–Crippen LogP) is -2.51. The van der Waals surface area contributed by atoms with E-state index in [0.717, 1.165) is 0 Å². The van der Waals surface area contributed by atoms with Crippen LogP contribution in [0.5, 0.6) is 0 Å². The summed E-state index contributed by atoms with van der Waals surface area (Å²) in [5.41, 5.74) is 0. The molecule has 0 radical (unpaired) electrons. The minimum Gasteiger partial charge on any atom is -0.426 e. The van der Waals surface area contributed by atoms with Gasteiger partial charge in [-0.2, -0.15) is 0 Å². The number of carbonyl (C=O) groups excluding carboxylic acids is 2. The number of hydrogen-bond acceptors (Lipinski definition) is 5. The molecule has 8 heteroatoms. The fourth-order valence-electron chi connectivity index (χ4n) is 2.01. The smallest absolute Gasteiger partial charge is 0.426 e. The van der Waals surface area contributed by atoms with Crippen LogP contribution >= 0.6 is 0 Å². The largest absolute Gasteiger partial charge is 0.475 e. The number of amides is 2. The molecule has 7 nitrogen and oxygen atoms in total. The Morgan fingerprint density at radius 1 is 1.53 bits per heavy atom. The Kier molecular flexibility index (Phi) is 4.92. The van der Waals surface area contributed by atoms with Crippen LogP contribution in [0.15, 0.2) is 0 Å². The standard InChI is InChI=1S/C9H17BN2O5/c1-6(14)11-7(5-13)9(15)12-4-2-3-8(12)10(16)17/h7-8,13,16-17H,2-5H2,1H3,(H,11,14)/t7-,8?/m0/s1. The molecule has 2 amide bonds. The molecule has 4 N–H and O–H groups in total. The molecule has 2 atom stereocenters. The van der Waals surface area contributed by atoms with Crippen LogP contribution in [-0.2, 0) is 9.59 Å². The van der Waals surface area contributed by atoms with Crippen LogP contribution in [-0.4, -0.2) is 64.1 Å². The average Bonchev–Trinajstić information content (AvgIpc) is 2.73. The first kappa shape index (κ1) is 13.9. The van der Waals surface area contributed by atoms with Crippen molar-refractivity contribution in [3.8, 4) is 0 Å². The summed E-state index contributed by atoms with van der Waals surface area (Å²) in [6.07, 6.45) is 1.17. The van der Waals surface area contributed by atoms with Crippen molar-refractivity contribution in [1.82, 2.24) is 10.2 Å². The molecule has 1 rings (SSSR count). The van der Waals surface area contributed by atoms with Crippen LogP contribution in [0.4, 0.5) is 0 Å². The Hall–Kier alpha value is -1.12. The first-order valence-corrected chi connectivity index (χ1v) is 5.52. The van der Waals surface area contributed by atoms with Crippen molar-refractivity contribution in [2.24, 2.45) is 0 Å². The van der Waals surface area contributed by atoms with Gasteiger partial charge in [0.2, 0.25) is 11.8 Å². The van der Waals surface area contributed by atoms with Crippen LogP contribution < -0.4 is 5.32 Å². The summed E-state index contributed by atoms with van der Waals surface area (Å²) in [5.74, 6) is -1.57. The zero-order valence-electron chi connectivity index (χ0n) is 9.67. The van der Waals surface area contributed by atoms with Crippen LogP contribution in [0.2, 0.25) is 0 Å². The number of nitrogens with zero attached hydrogens (tertiary/aromatic N) is 1. The Labute approximate surface area is 99.6 Å². The highest BCUT2D eigenvalue weighted by atomic mass is 16.4. The summed E-state index contributed by atoms with van der Waals surface area (Å²) in [4.78, 5) is 24.1. The van der Waals surface area contributed by atoms with Gasteiger partial charge in [0.25, 0.3) is 0 Å². The quantitative estimate of drug-likeness (QED) is 0.408. The SMILES string of the molecule is CC(=O)N[C@@H](CO)C(=O)N1CCCC1B(O)O. The van der Waals surface area contributed by atoms with Crippen molar-refractivity contribution >= 4 is 18.9 Å². The fraction of sp³-hybridized carbons (Fsp3) is 0.778. The molecule has 96 valence electrons. The molecular weight excluding hydrogens is 227 g/mol. The van der Waals surface area contributed by atoms with Crippen molar-refractivity contribution < 1.29 is 24.7 Å². The van der Waals surface area contributed by atoms with Crippen molar-refractivity contribution in [3.63, 3.8) is 0 Å². The number of aliphatic hydroxyl groups is 1. The van der Waals surface area contributed by atoms with Crippen LogP contribution in [0, 0.1) is 0 Å². The van der Waals surface area contributed by atoms with Crippen LogP contribution in [0.1, 0.15) is 19.8 Å². The maximum Gasteiger partial charge on any atom is 0.475 e. The summed E-state index contributed by atoms with van der Waals surface area (Å²) >= 11 is 0. The molecule has 0 aromatic carbocycles. The number of nitrogens with one attached hydrogen (secondary N) is 1.